The van der Waals surface area contributed by atoms with Crippen molar-refractivity contribution < 1.29 is 14.3 Å². The molecular formula is C22H21N3O3. The molecule has 0 saturated heterocycles. The first kappa shape index (κ1) is 19.1. The third-order valence-corrected chi connectivity index (χ3v) is 4.25. The molecule has 0 saturated carbocycles. The van der Waals surface area contributed by atoms with Crippen molar-refractivity contribution in [2.75, 3.05) is 17.7 Å². The molecule has 6 heteroatoms. The lowest BCUT2D eigenvalue weighted by Gasteiger charge is -2.11. The van der Waals surface area contributed by atoms with Crippen molar-refractivity contribution in [3.63, 3.8) is 0 Å². The van der Waals surface area contributed by atoms with E-state index in [4.69, 9.17) is 4.74 Å². The largest absolute Gasteiger partial charge is 0.495 e. The maximum Gasteiger partial charge on any atom is 0.257 e. The smallest absolute Gasteiger partial charge is 0.257 e. The summed E-state index contributed by atoms with van der Waals surface area (Å²) in [6.45, 7) is 3.92. The number of anilines is 2. The van der Waals surface area contributed by atoms with Crippen LogP contribution in [0.5, 0.6) is 5.75 Å². The van der Waals surface area contributed by atoms with Crippen LogP contribution in [0.15, 0.2) is 60.9 Å². The Morgan fingerprint density at radius 1 is 0.857 bits per heavy atom. The molecule has 3 aromatic rings. The second kappa shape index (κ2) is 8.35. The van der Waals surface area contributed by atoms with E-state index in [9.17, 15) is 9.59 Å². The normalized spacial score (nSPS) is 10.2. The van der Waals surface area contributed by atoms with E-state index in [0.717, 1.165) is 16.8 Å². The number of benzene rings is 2. The standard InChI is InChI=1S/C22H21N3O3/c1-14-8-9-18(15(2)10-14)24-21(26)16-11-17(13-23-12-16)22(27)25-19-6-4-5-7-20(19)28-3/h4-13H,1-3H3,(H,24,26)(H,25,27). The molecule has 2 amide bonds. The highest BCUT2D eigenvalue weighted by atomic mass is 16.5. The topological polar surface area (TPSA) is 80.3 Å². The van der Waals surface area contributed by atoms with Crippen molar-refractivity contribution in [1.82, 2.24) is 4.98 Å². The molecule has 2 N–H and O–H groups in total. The second-order valence-electron chi connectivity index (χ2n) is 6.39. The average Bonchev–Trinajstić information content (AvgIpc) is 2.70. The van der Waals surface area contributed by atoms with Gasteiger partial charge in [0, 0.05) is 18.1 Å². The van der Waals surface area contributed by atoms with E-state index in [0.29, 0.717) is 17.0 Å². The number of carbonyl (C=O) groups is 2. The van der Waals surface area contributed by atoms with Crippen molar-refractivity contribution in [3.8, 4) is 5.75 Å². The molecule has 0 aliphatic carbocycles. The van der Waals surface area contributed by atoms with Gasteiger partial charge in [-0.05, 0) is 43.7 Å². The van der Waals surface area contributed by atoms with E-state index in [1.807, 2.05) is 38.1 Å². The molecule has 0 bridgehead atoms. The van der Waals surface area contributed by atoms with Gasteiger partial charge in [-0.2, -0.15) is 0 Å². The lowest BCUT2D eigenvalue weighted by Crippen LogP contribution is -2.17. The van der Waals surface area contributed by atoms with E-state index in [1.54, 1.807) is 18.2 Å². The Bertz CT molecular complexity index is 1030. The number of pyridine rings is 1. The molecule has 1 heterocycles. The van der Waals surface area contributed by atoms with Crippen LogP contribution in [-0.4, -0.2) is 23.9 Å². The minimum absolute atomic E-state index is 0.277. The monoisotopic (exact) mass is 375 g/mol. The molecule has 3 rings (SSSR count). The number of rotatable bonds is 5. The third-order valence-electron chi connectivity index (χ3n) is 4.25. The summed E-state index contributed by atoms with van der Waals surface area (Å²) in [5.41, 5.74) is 3.92. The van der Waals surface area contributed by atoms with Gasteiger partial charge in [-0.15, -0.1) is 0 Å². The second-order valence-corrected chi connectivity index (χ2v) is 6.39. The summed E-state index contributed by atoms with van der Waals surface area (Å²) >= 11 is 0. The van der Waals surface area contributed by atoms with Gasteiger partial charge in [-0.1, -0.05) is 29.8 Å². The molecular weight excluding hydrogens is 354 g/mol. The van der Waals surface area contributed by atoms with E-state index in [-0.39, 0.29) is 17.4 Å². The minimum Gasteiger partial charge on any atom is -0.495 e. The fourth-order valence-corrected chi connectivity index (χ4v) is 2.78. The number of nitrogens with zero attached hydrogens (tertiary/aromatic N) is 1. The summed E-state index contributed by atoms with van der Waals surface area (Å²) in [5.74, 6) is -0.155. The zero-order chi connectivity index (χ0) is 20.1. The summed E-state index contributed by atoms with van der Waals surface area (Å²) in [6, 6.07) is 14.4. The highest BCUT2D eigenvalue weighted by Crippen LogP contribution is 2.24. The molecule has 6 nitrogen and oxygen atoms in total. The summed E-state index contributed by atoms with van der Waals surface area (Å²) in [4.78, 5) is 29.2. The predicted molar refractivity (Wildman–Crippen MR) is 109 cm³/mol. The van der Waals surface area contributed by atoms with Crippen LogP contribution in [0, 0.1) is 13.8 Å². The molecule has 1 aromatic heterocycles. The molecule has 0 unspecified atom stereocenters. The summed E-state index contributed by atoms with van der Waals surface area (Å²) in [7, 11) is 1.53. The third kappa shape index (κ3) is 4.35. The van der Waals surface area contributed by atoms with Gasteiger partial charge in [0.1, 0.15) is 5.75 Å². The van der Waals surface area contributed by atoms with Crippen LogP contribution in [0.3, 0.4) is 0 Å². The summed E-state index contributed by atoms with van der Waals surface area (Å²) < 4.78 is 5.24. The Morgan fingerprint density at radius 2 is 1.50 bits per heavy atom. The molecule has 0 aliphatic heterocycles. The minimum atomic E-state index is -0.377. The van der Waals surface area contributed by atoms with Gasteiger partial charge in [0.25, 0.3) is 11.8 Å². The maximum atomic E-state index is 12.6. The Labute approximate surface area is 163 Å². The molecule has 2 aromatic carbocycles. The number of ether oxygens (including phenoxy) is 1. The van der Waals surface area contributed by atoms with Crippen molar-refractivity contribution >= 4 is 23.2 Å². The highest BCUT2D eigenvalue weighted by Gasteiger charge is 2.14. The van der Waals surface area contributed by atoms with Crippen LogP contribution in [0.2, 0.25) is 0 Å². The fourth-order valence-electron chi connectivity index (χ4n) is 2.78. The van der Waals surface area contributed by atoms with Crippen molar-refractivity contribution in [3.05, 3.63) is 83.2 Å². The first-order chi connectivity index (χ1) is 13.5. The van der Waals surface area contributed by atoms with Gasteiger partial charge in [0.2, 0.25) is 0 Å². The molecule has 0 fully saturated rings. The van der Waals surface area contributed by atoms with Gasteiger partial charge < -0.3 is 15.4 Å². The van der Waals surface area contributed by atoms with Crippen LogP contribution in [0.4, 0.5) is 11.4 Å². The van der Waals surface area contributed by atoms with Gasteiger partial charge in [0.15, 0.2) is 0 Å². The zero-order valence-electron chi connectivity index (χ0n) is 15.9. The number of nitrogens with one attached hydrogen (secondary N) is 2. The van der Waals surface area contributed by atoms with E-state index in [2.05, 4.69) is 15.6 Å². The molecule has 28 heavy (non-hydrogen) atoms. The lowest BCUT2D eigenvalue weighted by molar-refractivity contribution is 0.102. The van der Waals surface area contributed by atoms with Gasteiger partial charge >= 0.3 is 0 Å². The number of amides is 2. The van der Waals surface area contributed by atoms with Gasteiger partial charge in [-0.25, -0.2) is 0 Å². The fraction of sp³-hybridized carbons (Fsp3) is 0.136. The number of carbonyl (C=O) groups excluding carboxylic acids is 2. The van der Waals surface area contributed by atoms with Crippen LogP contribution in [-0.2, 0) is 0 Å². The number of methoxy groups -OCH3 is 1. The highest BCUT2D eigenvalue weighted by molar-refractivity contribution is 6.08. The number of aromatic nitrogens is 1. The van der Waals surface area contributed by atoms with Gasteiger partial charge in [0.05, 0.1) is 23.9 Å². The molecule has 0 radical (unpaired) electrons. The molecule has 142 valence electrons. The van der Waals surface area contributed by atoms with E-state index >= 15 is 0 Å². The van der Waals surface area contributed by atoms with E-state index < -0.39 is 0 Å². The first-order valence-electron chi connectivity index (χ1n) is 8.76. The Hall–Kier alpha value is -3.67. The zero-order valence-corrected chi connectivity index (χ0v) is 15.9. The number of hydrogen-bond acceptors (Lipinski definition) is 4. The van der Waals surface area contributed by atoms with E-state index in [1.165, 1.54) is 25.6 Å². The predicted octanol–water partition coefficient (Wildman–Crippen LogP) is 4.21. The number of aryl methyl sites for hydroxylation is 2. The maximum absolute atomic E-state index is 12.6. The lowest BCUT2D eigenvalue weighted by atomic mass is 10.1. The van der Waals surface area contributed by atoms with Crippen LogP contribution < -0.4 is 15.4 Å². The number of hydrogen-bond donors (Lipinski definition) is 2. The van der Waals surface area contributed by atoms with Crippen LogP contribution in [0.25, 0.3) is 0 Å². The first-order valence-corrected chi connectivity index (χ1v) is 8.76. The Morgan fingerprint density at radius 3 is 2.14 bits per heavy atom. The molecule has 0 spiro atoms. The van der Waals surface area contributed by atoms with Crippen LogP contribution in [0.1, 0.15) is 31.8 Å². The van der Waals surface area contributed by atoms with Crippen LogP contribution >= 0.6 is 0 Å². The SMILES string of the molecule is COc1ccccc1NC(=O)c1cncc(C(=O)Nc2ccc(C)cc2C)c1. The Balaban J connectivity index is 1.77. The molecule has 0 atom stereocenters. The summed E-state index contributed by atoms with van der Waals surface area (Å²) in [5, 5.41) is 5.63. The molecule has 0 aliphatic rings. The van der Waals surface area contributed by atoms with Crippen molar-refractivity contribution in [2.45, 2.75) is 13.8 Å². The Kier molecular flexibility index (Phi) is 5.69. The van der Waals surface area contributed by atoms with Gasteiger partial charge in [-0.3, -0.25) is 14.6 Å². The van der Waals surface area contributed by atoms with Crippen molar-refractivity contribution in [2.24, 2.45) is 0 Å². The number of para-hydroxylation sites is 2. The average molecular weight is 375 g/mol. The van der Waals surface area contributed by atoms with Crippen molar-refractivity contribution in [1.29, 1.82) is 0 Å². The quantitative estimate of drug-likeness (QED) is 0.700. The summed E-state index contributed by atoms with van der Waals surface area (Å²) in [6.07, 6.45) is 2.84.